The first-order chi connectivity index (χ1) is 12.5. The number of hydrogen-bond donors (Lipinski definition) is 3. The number of carbonyl (C=O) groups excluding carboxylic acids is 1. The Morgan fingerprint density at radius 1 is 1.08 bits per heavy atom. The summed E-state index contributed by atoms with van der Waals surface area (Å²) >= 11 is 5.81. The first-order valence-corrected chi connectivity index (χ1v) is 8.54. The third-order valence-electron chi connectivity index (χ3n) is 3.85. The van der Waals surface area contributed by atoms with Crippen molar-refractivity contribution >= 4 is 29.2 Å². The number of carbonyl (C=O) groups is 2. The van der Waals surface area contributed by atoms with Gasteiger partial charge in [-0.1, -0.05) is 41.9 Å². The molecule has 0 saturated carbocycles. The minimum atomic E-state index is -1.11. The quantitative estimate of drug-likeness (QED) is 0.626. The summed E-state index contributed by atoms with van der Waals surface area (Å²) in [5, 5.41) is 22.1. The number of carboxylic acid groups (broad SMARTS) is 1. The molecule has 1 atom stereocenters. The second-order valence-electron chi connectivity index (χ2n) is 5.79. The fraction of sp³-hybridized carbons (Fsp3) is 0.263. The van der Waals surface area contributed by atoms with Gasteiger partial charge in [0.2, 0.25) is 5.91 Å². The largest absolute Gasteiger partial charge is 0.480 e. The van der Waals surface area contributed by atoms with Gasteiger partial charge in [0.25, 0.3) is 0 Å². The van der Waals surface area contributed by atoms with Gasteiger partial charge in [-0.15, -0.1) is 0 Å². The van der Waals surface area contributed by atoms with Gasteiger partial charge in [-0.05, 0) is 29.8 Å². The van der Waals surface area contributed by atoms with E-state index in [4.69, 9.17) is 11.6 Å². The van der Waals surface area contributed by atoms with E-state index >= 15 is 0 Å². The predicted octanol–water partition coefficient (Wildman–Crippen LogP) is 2.62. The average molecular weight is 377 g/mol. The van der Waals surface area contributed by atoms with Crippen LogP contribution in [0.5, 0.6) is 0 Å². The number of anilines is 1. The van der Waals surface area contributed by atoms with Crippen molar-refractivity contribution in [2.45, 2.75) is 19.0 Å². The van der Waals surface area contributed by atoms with Crippen LogP contribution in [0.3, 0.4) is 0 Å². The summed E-state index contributed by atoms with van der Waals surface area (Å²) in [6.07, 6.45) is -0.231. The summed E-state index contributed by atoms with van der Waals surface area (Å²) < 4.78 is 0. The van der Waals surface area contributed by atoms with Gasteiger partial charge in [0.1, 0.15) is 6.04 Å². The summed E-state index contributed by atoms with van der Waals surface area (Å²) in [7, 11) is 0. The molecule has 6 nitrogen and oxygen atoms in total. The molecule has 26 heavy (non-hydrogen) atoms. The zero-order valence-corrected chi connectivity index (χ0v) is 14.9. The van der Waals surface area contributed by atoms with Gasteiger partial charge in [-0.25, -0.2) is 0 Å². The molecule has 3 N–H and O–H groups in total. The Bertz CT molecular complexity index is 722. The van der Waals surface area contributed by atoms with Crippen molar-refractivity contribution in [3.05, 3.63) is 65.2 Å². The highest BCUT2D eigenvalue weighted by atomic mass is 35.5. The Labute approximate surface area is 157 Å². The Kier molecular flexibility index (Phi) is 7.59. The van der Waals surface area contributed by atoms with Gasteiger partial charge >= 0.3 is 5.97 Å². The van der Waals surface area contributed by atoms with Crippen LogP contribution in [0.2, 0.25) is 5.02 Å². The number of aliphatic hydroxyl groups is 1. The lowest BCUT2D eigenvalue weighted by atomic mass is 10.1. The number of nitrogens with zero attached hydrogens (tertiary/aromatic N) is 1. The van der Waals surface area contributed by atoms with E-state index in [1.165, 1.54) is 0 Å². The Morgan fingerprint density at radius 3 is 2.31 bits per heavy atom. The van der Waals surface area contributed by atoms with E-state index in [2.05, 4.69) is 5.32 Å². The predicted molar refractivity (Wildman–Crippen MR) is 100 cm³/mol. The van der Waals surface area contributed by atoms with Gasteiger partial charge < -0.3 is 15.5 Å². The molecule has 0 saturated heterocycles. The lowest BCUT2D eigenvalue weighted by Gasteiger charge is -2.28. The molecule has 0 aliphatic rings. The Balaban J connectivity index is 2.07. The second kappa shape index (κ2) is 9.91. The number of benzene rings is 2. The number of aliphatic hydroxyl groups excluding tert-OH is 1. The van der Waals surface area contributed by atoms with Crippen molar-refractivity contribution < 1.29 is 19.8 Å². The fourth-order valence-electron chi connectivity index (χ4n) is 2.58. The molecule has 0 spiro atoms. The lowest BCUT2D eigenvalue weighted by Crippen LogP contribution is -2.44. The summed E-state index contributed by atoms with van der Waals surface area (Å²) in [5.41, 5.74) is 1.45. The van der Waals surface area contributed by atoms with Crippen molar-refractivity contribution in [3.8, 4) is 0 Å². The van der Waals surface area contributed by atoms with E-state index in [1.54, 1.807) is 29.2 Å². The molecule has 2 aromatic carbocycles. The fourth-order valence-corrected chi connectivity index (χ4v) is 2.71. The van der Waals surface area contributed by atoms with E-state index in [0.29, 0.717) is 17.3 Å². The van der Waals surface area contributed by atoms with Gasteiger partial charge in [0, 0.05) is 23.8 Å². The van der Waals surface area contributed by atoms with Crippen LogP contribution < -0.4 is 5.32 Å². The highest BCUT2D eigenvalue weighted by Gasteiger charge is 2.28. The zero-order valence-electron chi connectivity index (χ0n) is 14.1. The molecular formula is C19H21ClN2O4. The number of halogens is 1. The van der Waals surface area contributed by atoms with E-state index in [1.807, 2.05) is 30.3 Å². The van der Waals surface area contributed by atoms with Crippen LogP contribution in [0.4, 0.5) is 5.69 Å². The standard InChI is InChI=1S/C19H21ClN2O4/c20-15-6-8-16(9-7-15)21-18(24)12-17(19(25)26)22(10-11-23)13-14-4-2-1-3-5-14/h1-9,17,23H,10-13H2,(H,21,24)(H,25,26)/t17-/m1/s1. The molecule has 0 fully saturated rings. The smallest absolute Gasteiger partial charge is 0.321 e. The number of nitrogens with one attached hydrogen (secondary N) is 1. The number of carboxylic acids is 1. The molecule has 1 amide bonds. The number of rotatable bonds is 9. The van der Waals surface area contributed by atoms with E-state index in [0.717, 1.165) is 5.56 Å². The van der Waals surface area contributed by atoms with Crippen molar-refractivity contribution in [2.24, 2.45) is 0 Å². The van der Waals surface area contributed by atoms with Gasteiger partial charge in [-0.3, -0.25) is 14.5 Å². The molecule has 138 valence electrons. The van der Waals surface area contributed by atoms with Crippen LogP contribution in [0.15, 0.2) is 54.6 Å². The van der Waals surface area contributed by atoms with Crippen LogP contribution in [0.25, 0.3) is 0 Å². The van der Waals surface area contributed by atoms with Crippen LogP contribution in [0.1, 0.15) is 12.0 Å². The van der Waals surface area contributed by atoms with E-state index in [-0.39, 0.29) is 19.6 Å². The lowest BCUT2D eigenvalue weighted by molar-refractivity contribution is -0.145. The van der Waals surface area contributed by atoms with E-state index in [9.17, 15) is 19.8 Å². The molecule has 0 aliphatic carbocycles. The molecule has 0 unspecified atom stereocenters. The molecule has 0 bridgehead atoms. The van der Waals surface area contributed by atoms with Crippen molar-refractivity contribution in [3.63, 3.8) is 0 Å². The monoisotopic (exact) mass is 376 g/mol. The number of hydrogen-bond acceptors (Lipinski definition) is 4. The van der Waals surface area contributed by atoms with Gasteiger partial charge in [-0.2, -0.15) is 0 Å². The average Bonchev–Trinajstić information content (AvgIpc) is 2.62. The molecule has 7 heteroatoms. The van der Waals surface area contributed by atoms with Crippen LogP contribution in [-0.2, 0) is 16.1 Å². The SMILES string of the molecule is O=C(C[C@H](C(=O)O)N(CCO)Cc1ccccc1)Nc1ccc(Cl)cc1. The third kappa shape index (κ3) is 6.15. The molecule has 0 aliphatic heterocycles. The van der Waals surface area contributed by atoms with Gasteiger partial charge in [0.15, 0.2) is 0 Å². The van der Waals surface area contributed by atoms with Crippen molar-refractivity contribution in [1.82, 2.24) is 4.90 Å². The highest BCUT2D eigenvalue weighted by molar-refractivity contribution is 6.30. The minimum Gasteiger partial charge on any atom is -0.480 e. The molecular weight excluding hydrogens is 356 g/mol. The topological polar surface area (TPSA) is 89.9 Å². The maximum absolute atomic E-state index is 12.3. The Hall–Kier alpha value is -2.41. The Morgan fingerprint density at radius 2 is 1.73 bits per heavy atom. The minimum absolute atomic E-state index is 0.153. The van der Waals surface area contributed by atoms with Crippen LogP contribution in [0, 0.1) is 0 Å². The van der Waals surface area contributed by atoms with Gasteiger partial charge in [0.05, 0.1) is 13.0 Å². The van der Waals surface area contributed by atoms with Crippen molar-refractivity contribution in [2.75, 3.05) is 18.5 Å². The molecule has 0 radical (unpaired) electrons. The zero-order chi connectivity index (χ0) is 18.9. The van der Waals surface area contributed by atoms with Crippen molar-refractivity contribution in [1.29, 1.82) is 0 Å². The summed E-state index contributed by atoms with van der Waals surface area (Å²) in [4.78, 5) is 25.6. The summed E-state index contributed by atoms with van der Waals surface area (Å²) in [6.45, 7) is 0.280. The highest BCUT2D eigenvalue weighted by Crippen LogP contribution is 2.16. The first-order valence-electron chi connectivity index (χ1n) is 8.16. The number of aliphatic carboxylic acids is 1. The van der Waals surface area contributed by atoms with Crippen LogP contribution in [-0.4, -0.2) is 46.2 Å². The third-order valence-corrected chi connectivity index (χ3v) is 4.10. The second-order valence-corrected chi connectivity index (χ2v) is 6.23. The first kappa shape index (κ1) is 19.9. The summed E-state index contributed by atoms with van der Waals surface area (Å²) in [5.74, 6) is -1.53. The van der Waals surface area contributed by atoms with Crippen LogP contribution >= 0.6 is 11.6 Å². The molecule has 0 heterocycles. The van der Waals surface area contributed by atoms with E-state index < -0.39 is 17.9 Å². The maximum Gasteiger partial charge on any atom is 0.321 e. The normalized spacial score (nSPS) is 12.0. The number of amides is 1. The molecule has 2 aromatic rings. The molecule has 0 aromatic heterocycles. The molecule has 2 rings (SSSR count). The summed E-state index contributed by atoms with van der Waals surface area (Å²) in [6, 6.07) is 14.8. The maximum atomic E-state index is 12.3.